The first-order valence-electron chi connectivity index (χ1n) is 7.53. The number of rotatable bonds is 5. The van der Waals surface area contributed by atoms with Gasteiger partial charge in [-0.2, -0.15) is 9.78 Å². The summed E-state index contributed by atoms with van der Waals surface area (Å²) >= 11 is 1.13. The molecule has 4 atom stereocenters. The van der Waals surface area contributed by atoms with Crippen LogP contribution in [0.1, 0.15) is 11.8 Å². The Morgan fingerprint density at radius 3 is 2.56 bits per heavy atom. The number of nitrogens with one attached hydrogen (secondary N) is 1. The lowest BCUT2D eigenvalue weighted by Crippen LogP contribution is -2.40. The molecule has 0 unspecified atom stereocenters. The van der Waals surface area contributed by atoms with Gasteiger partial charge in [0, 0.05) is 5.75 Å². The van der Waals surface area contributed by atoms with E-state index < -0.39 is 42.4 Å². The molecule has 0 saturated carbocycles. The molecule has 0 bridgehead atoms. The van der Waals surface area contributed by atoms with Crippen LogP contribution in [0.25, 0.3) is 0 Å². The first-order chi connectivity index (χ1) is 12.0. The average Bonchev–Trinajstić information content (AvgIpc) is 2.90. The fourth-order valence-corrected chi connectivity index (χ4v) is 3.30. The molecule has 10 heteroatoms. The lowest BCUT2D eigenvalue weighted by molar-refractivity contribution is -0.0627. The molecule has 3 rings (SSSR count). The molecule has 1 aromatic heterocycles. The molecule has 4 N–H and O–H groups in total. The highest BCUT2D eigenvalue weighted by molar-refractivity contribution is 7.98. The maximum Gasteiger partial charge on any atom is 0.347 e. The number of thioether (sulfide) groups is 1. The zero-order valence-electron chi connectivity index (χ0n) is 13.0. The van der Waals surface area contributed by atoms with E-state index in [2.05, 4.69) is 10.1 Å². The van der Waals surface area contributed by atoms with Gasteiger partial charge in [0.15, 0.2) is 11.3 Å². The fourth-order valence-electron chi connectivity index (χ4n) is 2.47. The molecule has 9 nitrogen and oxygen atoms in total. The molecule has 0 amide bonds. The lowest BCUT2D eigenvalue weighted by atomic mass is 10.1. The molecule has 0 radical (unpaired) electrons. The van der Waals surface area contributed by atoms with Gasteiger partial charge in [0.2, 0.25) is 0 Å². The maximum atomic E-state index is 12.0. The number of aromatic amines is 1. The maximum absolute atomic E-state index is 12.0. The predicted octanol–water partition coefficient (Wildman–Crippen LogP) is -1.16. The van der Waals surface area contributed by atoms with Crippen molar-refractivity contribution in [3.05, 3.63) is 56.7 Å². The summed E-state index contributed by atoms with van der Waals surface area (Å²) < 4.78 is 6.05. The van der Waals surface area contributed by atoms with Crippen LogP contribution in [0.4, 0.5) is 0 Å². The highest BCUT2D eigenvalue weighted by Crippen LogP contribution is 2.28. The number of ether oxygens (including phenoxy) is 1. The number of aliphatic hydroxyl groups is 3. The molecule has 2 heterocycles. The second-order valence-corrected chi connectivity index (χ2v) is 6.48. The van der Waals surface area contributed by atoms with Crippen LogP contribution in [0.2, 0.25) is 0 Å². The van der Waals surface area contributed by atoms with E-state index in [1.165, 1.54) is 0 Å². The van der Waals surface area contributed by atoms with E-state index in [0.717, 1.165) is 22.0 Å². The van der Waals surface area contributed by atoms with Gasteiger partial charge in [-0.3, -0.25) is 9.78 Å². The van der Waals surface area contributed by atoms with Gasteiger partial charge in [-0.05, 0) is 5.56 Å². The Bertz CT molecular complexity index is 839. The Labute approximate surface area is 145 Å². The molecule has 25 heavy (non-hydrogen) atoms. The number of benzene rings is 1. The van der Waals surface area contributed by atoms with E-state index in [0.29, 0.717) is 5.75 Å². The van der Waals surface area contributed by atoms with Gasteiger partial charge in [0.05, 0.1) is 6.61 Å². The zero-order valence-corrected chi connectivity index (χ0v) is 13.8. The van der Waals surface area contributed by atoms with Gasteiger partial charge in [0.25, 0.3) is 5.56 Å². The molecular weight excluding hydrogens is 350 g/mol. The van der Waals surface area contributed by atoms with Crippen molar-refractivity contribution in [3.8, 4) is 0 Å². The van der Waals surface area contributed by atoms with Gasteiger partial charge in [-0.25, -0.2) is 4.79 Å². The van der Waals surface area contributed by atoms with Crippen molar-refractivity contribution in [1.82, 2.24) is 14.8 Å². The fraction of sp³-hybridized carbons (Fsp3) is 0.400. The van der Waals surface area contributed by atoms with Crippen LogP contribution >= 0.6 is 11.8 Å². The Morgan fingerprint density at radius 1 is 1.20 bits per heavy atom. The van der Waals surface area contributed by atoms with Crippen molar-refractivity contribution < 1.29 is 20.1 Å². The molecule has 134 valence electrons. The highest BCUT2D eigenvalue weighted by Gasteiger charge is 2.44. The third-order valence-corrected chi connectivity index (χ3v) is 4.82. The molecule has 1 aliphatic heterocycles. The molecule has 1 aliphatic rings. The van der Waals surface area contributed by atoms with Crippen LogP contribution in [-0.4, -0.2) is 55.0 Å². The van der Waals surface area contributed by atoms with Crippen molar-refractivity contribution in [1.29, 1.82) is 0 Å². The summed E-state index contributed by atoms with van der Waals surface area (Å²) in [7, 11) is 0. The number of hydrogen-bond acceptors (Lipinski definition) is 8. The quantitative estimate of drug-likeness (QED) is 0.485. The number of nitrogens with zero attached hydrogens (tertiary/aromatic N) is 2. The van der Waals surface area contributed by atoms with E-state index in [9.17, 15) is 19.8 Å². The second kappa shape index (κ2) is 7.50. The lowest BCUT2D eigenvalue weighted by Gasteiger charge is -2.16. The van der Waals surface area contributed by atoms with Crippen LogP contribution in [0, 0.1) is 0 Å². The topological polar surface area (TPSA) is 138 Å². The van der Waals surface area contributed by atoms with Gasteiger partial charge >= 0.3 is 5.69 Å². The minimum Gasteiger partial charge on any atom is -0.394 e. The molecule has 1 aromatic carbocycles. The molecule has 0 spiro atoms. The van der Waals surface area contributed by atoms with Crippen molar-refractivity contribution in [3.63, 3.8) is 0 Å². The zero-order chi connectivity index (χ0) is 18.0. The minimum atomic E-state index is -1.46. The van der Waals surface area contributed by atoms with Crippen molar-refractivity contribution in [2.45, 2.75) is 35.3 Å². The van der Waals surface area contributed by atoms with Gasteiger partial charge in [-0.1, -0.05) is 42.1 Å². The van der Waals surface area contributed by atoms with Crippen LogP contribution in [0.3, 0.4) is 0 Å². The predicted molar refractivity (Wildman–Crippen MR) is 88.1 cm³/mol. The monoisotopic (exact) mass is 367 g/mol. The Morgan fingerprint density at radius 2 is 1.92 bits per heavy atom. The Kier molecular flexibility index (Phi) is 5.35. The molecule has 1 saturated heterocycles. The van der Waals surface area contributed by atoms with Gasteiger partial charge in [0.1, 0.15) is 18.3 Å². The van der Waals surface area contributed by atoms with Crippen LogP contribution in [0.15, 0.2) is 44.9 Å². The first kappa shape index (κ1) is 17.8. The molecular formula is C15H17N3O6S. The summed E-state index contributed by atoms with van der Waals surface area (Å²) in [6.07, 6.45) is -5.16. The van der Waals surface area contributed by atoms with E-state index in [1.54, 1.807) is 0 Å². The summed E-state index contributed by atoms with van der Waals surface area (Å²) in [5, 5.41) is 32.9. The normalized spacial score (nSPS) is 26.0. The van der Waals surface area contributed by atoms with Gasteiger partial charge in [-0.15, -0.1) is 0 Å². The summed E-state index contributed by atoms with van der Waals surface area (Å²) in [4.78, 5) is 26.1. The van der Waals surface area contributed by atoms with Crippen molar-refractivity contribution in [2.24, 2.45) is 0 Å². The van der Waals surface area contributed by atoms with Gasteiger partial charge < -0.3 is 20.1 Å². The summed E-state index contributed by atoms with van der Waals surface area (Å²) in [5.41, 5.74) is -0.544. The molecule has 0 aliphatic carbocycles. The number of H-pyrrole nitrogens is 1. The largest absolute Gasteiger partial charge is 0.394 e. The van der Waals surface area contributed by atoms with E-state index >= 15 is 0 Å². The third-order valence-electron chi connectivity index (χ3n) is 3.80. The second-order valence-electron chi connectivity index (χ2n) is 5.51. The standard InChI is InChI=1S/C15H17N3O6S/c19-6-9-10(20)11(21)14(24-9)18-15(23)16-12(22)13(17-18)25-7-8-4-2-1-3-5-8/h1-5,9-11,14,19-21H,6-7H2,(H,16,22,23)/t9-,10+,11-,14+/m0/s1. The van der Waals surface area contributed by atoms with Crippen molar-refractivity contribution in [2.75, 3.05) is 6.61 Å². The minimum absolute atomic E-state index is 0.0289. The summed E-state index contributed by atoms with van der Waals surface area (Å²) in [5.74, 6) is 0.463. The Hall–Kier alpha value is -1.98. The average molecular weight is 367 g/mol. The first-order valence-corrected chi connectivity index (χ1v) is 8.52. The van der Waals surface area contributed by atoms with E-state index in [-0.39, 0.29) is 5.03 Å². The smallest absolute Gasteiger partial charge is 0.347 e. The highest BCUT2D eigenvalue weighted by atomic mass is 32.2. The van der Waals surface area contributed by atoms with Crippen LogP contribution in [0.5, 0.6) is 0 Å². The van der Waals surface area contributed by atoms with Crippen molar-refractivity contribution >= 4 is 11.8 Å². The van der Waals surface area contributed by atoms with E-state index in [1.807, 2.05) is 30.3 Å². The number of aromatic nitrogens is 3. The molecule has 1 fully saturated rings. The van der Waals surface area contributed by atoms with Crippen LogP contribution in [-0.2, 0) is 10.5 Å². The van der Waals surface area contributed by atoms with Crippen LogP contribution < -0.4 is 11.2 Å². The Balaban J connectivity index is 1.86. The number of aliphatic hydroxyl groups excluding tert-OH is 3. The summed E-state index contributed by atoms with van der Waals surface area (Å²) in [6, 6.07) is 9.40. The summed E-state index contributed by atoms with van der Waals surface area (Å²) in [6.45, 7) is -0.525. The molecule has 2 aromatic rings. The van der Waals surface area contributed by atoms with E-state index in [4.69, 9.17) is 9.84 Å². The number of hydrogen-bond donors (Lipinski definition) is 4. The third kappa shape index (κ3) is 3.67. The SMILES string of the molecule is O=c1[nH]c(=O)n([C@@H]2O[C@@H](CO)[C@@H](O)[C@@H]2O)nc1SCc1ccccc1.